The Morgan fingerprint density at radius 3 is 2.90 bits per heavy atom. The van der Waals surface area contributed by atoms with E-state index in [-0.39, 0.29) is 17.8 Å². The fourth-order valence-electron chi connectivity index (χ4n) is 2.41. The number of nitrogens with zero attached hydrogens (tertiary/aromatic N) is 2. The lowest BCUT2D eigenvalue weighted by Crippen LogP contribution is -2.42. The molecule has 6 heteroatoms. The second-order valence-corrected chi connectivity index (χ2v) is 4.69. The van der Waals surface area contributed by atoms with Crippen LogP contribution in [-0.4, -0.2) is 49.1 Å². The fraction of sp³-hybridized carbons (Fsp3) is 0.500. The summed E-state index contributed by atoms with van der Waals surface area (Å²) in [6.07, 6.45) is 4.61. The molecule has 0 aliphatic carbocycles. The molecule has 0 spiro atoms. The van der Waals surface area contributed by atoms with Gasteiger partial charge in [0.15, 0.2) is 0 Å². The molecule has 108 valence electrons. The van der Waals surface area contributed by atoms with Crippen molar-refractivity contribution in [3.05, 3.63) is 24.0 Å². The van der Waals surface area contributed by atoms with Crippen LogP contribution in [0.3, 0.4) is 0 Å². The van der Waals surface area contributed by atoms with Gasteiger partial charge in [-0.25, -0.2) is 0 Å². The number of aromatic nitrogens is 1. The van der Waals surface area contributed by atoms with E-state index in [9.17, 15) is 9.59 Å². The molecule has 1 saturated heterocycles. The van der Waals surface area contributed by atoms with Gasteiger partial charge in [-0.05, 0) is 18.9 Å². The number of ether oxygens (including phenoxy) is 2. The first-order valence-electron chi connectivity index (χ1n) is 6.52. The van der Waals surface area contributed by atoms with Crippen molar-refractivity contribution in [2.24, 2.45) is 5.92 Å². The molecule has 1 aromatic rings. The summed E-state index contributed by atoms with van der Waals surface area (Å²) >= 11 is 0. The number of carbonyl (C=O) groups is 2. The Kier molecular flexibility index (Phi) is 4.55. The van der Waals surface area contributed by atoms with Gasteiger partial charge >= 0.3 is 5.97 Å². The van der Waals surface area contributed by atoms with Gasteiger partial charge in [0.25, 0.3) is 5.91 Å². The quantitative estimate of drug-likeness (QED) is 0.775. The first-order chi connectivity index (χ1) is 9.67. The molecule has 2 heterocycles. The first kappa shape index (κ1) is 14.3. The number of amides is 1. The van der Waals surface area contributed by atoms with Gasteiger partial charge in [0.05, 0.1) is 31.9 Å². The average Bonchev–Trinajstić information content (AvgIpc) is 2.53. The predicted octanol–water partition coefficient (Wildman–Crippen LogP) is 1.12. The Morgan fingerprint density at radius 1 is 1.40 bits per heavy atom. The number of hydrogen-bond donors (Lipinski definition) is 0. The second-order valence-electron chi connectivity index (χ2n) is 4.69. The molecule has 1 fully saturated rings. The fourth-order valence-corrected chi connectivity index (χ4v) is 2.41. The normalized spacial score (nSPS) is 18.5. The number of methoxy groups -OCH3 is 2. The summed E-state index contributed by atoms with van der Waals surface area (Å²) in [5, 5.41) is 0. The highest BCUT2D eigenvalue weighted by atomic mass is 16.5. The summed E-state index contributed by atoms with van der Waals surface area (Å²) in [6.45, 7) is 1.02. The third-order valence-corrected chi connectivity index (χ3v) is 3.48. The Morgan fingerprint density at radius 2 is 2.20 bits per heavy atom. The summed E-state index contributed by atoms with van der Waals surface area (Å²) in [7, 11) is 2.87. The second kappa shape index (κ2) is 6.36. The molecule has 1 amide bonds. The van der Waals surface area contributed by atoms with Crippen molar-refractivity contribution >= 4 is 11.9 Å². The lowest BCUT2D eigenvalue weighted by Gasteiger charge is -2.31. The van der Waals surface area contributed by atoms with Crippen LogP contribution in [0.15, 0.2) is 18.5 Å². The van der Waals surface area contributed by atoms with Crippen LogP contribution in [0, 0.1) is 5.92 Å². The smallest absolute Gasteiger partial charge is 0.310 e. The van der Waals surface area contributed by atoms with E-state index in [2.05, 4.69) is 4.98 Å². The standard InChI is InChI=1S/C14H18N2O4/c1-19-12-8-15-6-5-11(12)13(17)16-7-3-4-10(9-16)14(18)20-2/h5-6,8,10H,3-4,7,9H2,1-2H3/t10-/m0/s1. The van der Waals surface area contributed by atoms with Gasteiger partial charge in [-0.15, -0.1) is 0 Å². The Bertz CT molecular complexity index is 504. The zero-order valence-electron chi connectivity index (χ0n) is 11.7. The molecule has 1 atom stereocenters. The van der Waals surface area contributed by atoms with Crippen molar-refractivity contribution in [1.29, 1.82) is 0 Å². The minimum Gasteiger partial charge on any atom is -0.494 e. The number of piperidine rings is 1. The third-order valence-electron chi connectivity index (χ3n) is 3.48. The van der Waals surface area contributed by atoms with Gasteiger partial charge in [-0.1, -0.05) is 0 Å². The molecule has 2 rings (SSSR count). The van der Waals surface area contributed by atoms with E-state index in [1.54, 1.807) is 17.2 Å². The highest BCUT2D eigenvalue weighted by Gasteiger charge is 2.30. The van der Waals surface area contributed by atoms with Crippen LogP contribution in [-0.2, 0) is 9.53 Å². The maximum atomic E-state index is 12.5. The lowest BCUT2D eigenvalue weighted by atomic mass is 9.97. The van der Waals surface area contributed by atoms with Crippen molar-refractivity contribution in [2.75, 3.05) is 27.3 Å². The van der Waals surface area contributed by atoms with Crippen molar-refractivity contribution in [1.82, 2.24) is 9.88 Å². The number of esters is 1. The monoisotopic (exact) mass is 278 g/mol. The van der Waals surface area contributed by atoms with Gasteiger partial charge in [0, 0.05) is 19.3 Å². The molecule has 1 aliphatic rings. The summed E-state index contributed by atoms with van der Waals surface area (Å²) in [5.74, 6) is -0.203. The van der Waals surface area contributed by atoms with Crippen molar-refractivity contribution < 1.29 is 19.1 Å². The molecular weight excluding hydrogens is 260 g/mol. The van der Waals surface area contributed by atoms with Gasteiger partial charge in [-0.2, -0.15) is 0 Å². The summed E-state index contributed by atoms with van der Waals surface area (Å²) in [5.41, 5.74) is 0.466. The minimum absolute atomic E-state index is 0.141. The molecule has 20 heavy (non-hydrogen) atoms. The number of pyridine rings is 1. The Hall–Kier alpha value is -2.11. The molecule has 0 bridgehead atoms. The first-order valence-corrected chi connectivity index (χ1v) is 6.52. The van der Waals surface area contributed by atoms with E-state index in [0.29, 0.717) is 24.4 Å². The maximum Gasteiger partial charge on any atom is 0.310 e. The van der Waals surface area contributed by atoms with Crippen LogP contribution in [0.1, 0.15) is 23.2 Å². The molecule has 6 nitrogen and oxygen atoms in total. The van der Waals surface area contributed by atoms with E-state index in [4.69, 9.17) is 9.47 Å². The molecular formula is C14H18N2O4. The maximum absolute atomic E-state index is 12.5. The van der Waals surface area contributed by atoms with E-state index < -0.39 is 0 Å². The predicted molar refractivity (Wildman–Crippen MR) is 71.4 cm³/mol. The summed E-state index contributed by atoms with van der Waals surface area (Å²) in [4.78, 5) is 29.7. The van der Waals surface area contributed by atoms with Crippen molar-refractivity contribution in [3.63, 3.8) is 0 Å². The van der Waals surface area contributed by atoms with E-state index in [0.717, 1.165) is 12.8 Å². The SMILES string of the molecule is COC(=O)[C@H]1CCCN(C(=O)c2ccncc2OC)C1. The highest BCUT2D eigenvalue weighted by Crippen LogP contribution is 2.23. The zero-order valence-corrected chi connectivity index (χ0v) is 11.7. The molecule has 0 unspecified atom stereocenters. The lowest BCUT2D eigenvalue weighted by molar-refractivity contribution is -0.146. The van der Waals surface area contributed by atoms with Crippen LogP contribution in [0.5, 0.6) is 5.75 Å². The zero-order chi connectivity index (χ0) is 14.5. The van der Waals surface area contributed by atoms with Crippen LogP contribution in [0.2, 0.25) is 0 Å². The number of hydrogen-bond acceptors (Lipinski definition) is 5. The topological polar surface area (TPSA) is 68.7 Å². The van der Waals surface area contributed by atoms with Gasteiger partial charge in [0.2, 0.25) is 0 Å². The van der Waals surface area contributed by atoms with E-state index in [1.165, 1.54) is 20.4 Å². The summed E-state index contributed by atoms with van der Waals surface area (Å²) in [6, 6.07) is 1.63. The van der Waals surface area contributed by atoms with Crippen LogP contribution in [0.25, 0.3) is 0 Å². The molecule has 0 saturated carbocycles. The third kappa shape index (κ3) is 2.89. The molecule has 1 aromatic heterocycles. The molecule has 0 N–H and O–H groups in total. The highest BCUT2D eigenvalue weighted by molar-refractivity contribution is 5.97. The Labute approximate surface area is 117 Å². The average molecular weight is 278 g/mol. The summed E-state index contributed by atoms with van der Waals surface area (Å²) < 4.78 is 9.91. The van der Waals surface area contributed by atoms with Crippen molar-refractivity contribution in [3.8, 4) is 5.75 Å². The van der Waals surface area contributed by atoms with E-state index >= 15 is 0 Å². The largest absolute Gasteiger partial charge is 0.494 e. The van der Waals surface area contributed by atoms with Crippen LogP contribution < -0.4 is 4.74 Å². The molecule has 1 aliphatic heterocycles. The molecule has 0 radical (unpaired) electrons. The van der Waals surface area contributed by atoms with Crippen LogP contribution >= 0.6 is 0 Å². The van der Waals surface area contributed by atoms with Gasteiger partial charge in [-0.3, -0.25) is 14.6 Å². The van der Waals surface area contributed by atoms with Crippen LogP contribution in [0.4, 0.5) is 0 Å². The molecule has 0 aromatic carbocycles. The number of rotatable bonds is 3. The van der Waals surface area contributed by atoms with E-state index in [1.807, 2.05) is 0 Å². The number of carbonyl (C=O) groups excluding carboxylic acids is 2. The van der Waals surface area contributed by atoms with Gasteiger partial charge in [0.1, 0.15) is 5.75 Å². The van der Waals surface area contributed by atoms with Crippen molar-refractivity contribution in [2.45, 2.75) is 12.8 Å². The minimum atomic E-state index is -0.260. The number of likely N-dealkylation sites (tertiary alicyclic amines) is 1. The Balaban J connectivity index is 2.14. The van der Waals surface area contributed by atoms with Gasteiger partial charge < -0.3 is 14.4 Å².